The van der Waals surface area contributed by atoms with Gasteiger partial charge in [0.05, 0.1) is 5.75 Å². The standard InChI is InChI=1S/C5H13NO3S/c1-3-6(2)4-5-10(7,8)9/h3-5H2,1-2H3,(H,7,8,9). The third-order valence-corrected chi connectivity index (χ3v) is 1.97. The van der Waals surface area contributed by atoms with Crippen LogP contribution in [-0.2, 0) is 10.1 Å². The number of rotatable bonds is 4. The minimum Gasteiger partial charge on any atom is -0.306 e. The van der Waals surface area contributed by atoms with Gasteiger partial charge in [0.2, 0.25) is 0 Å². The molecule has 0 amide bonds. The first-order chi connectivity index (χ1) is 4.45. The molecule has 1 N–H and O–H groups in total. The van der Waals surface area contributed by atoms with Crippen molar-refractivity contribution in [2.45, 2.75) is 6.92 Å². The van der Waals surface area contributed by atoms with Crippen LogP contribution in [0.2, 0.25) is 0 Å². The lowest BCUT2D eigenvalue weighted by atomic mass is 10.6. The fourth-order valence-corrected chi connectivity index (χ4v) is 0.972. The average molecular weight is 167 g/mol. The summed E-state index contributed by atoms with van der Waals surface area (Å²) in [6.07, 6.45) is 0. The molecule has 0 saturated carbocycles. The fraction of sp³-hybridized carbons (Fsp3) is 1.00. The van der Waals surface area contributed by atoms with Crippen LogP contribution in [0.5, 0.6) is 0 Å². The summed E-state index contributed by atoms with van der Waals surface area (Å²) in [6.45, 7) is 3.09. The highest BCUT2D eigenvalue weighted by Crippen LogP contribution is 1.85. The van der Waals surface area contributed by atoms with E-state index in [0.717, 1.165) is 6.54 Å². The lowest BCUT2D eigenvalue weighted by Crippen LogP contribution is -2.24. The van der Waals surface area contributed by atoms with Gasteiger partial charge in [0.15, 0.2) is 0 Å². The largest absolute Gasteiger partial charge is 0.306 e. The third kappa shape index (κ3) is 6.00. The van der Waals surface area contributed by atoms with Crippen LogP contribution in [0.25, 0.3) is 0 Å². The van der Waals surface area contributed by atoms with Crippen LogP contribution in [0.1, 0.15) is 6.92 Å². The summed E-state index contributed by atoms with van der Waals surface area (Å²) in [7, 11) is -1.97. The predicted octanol–water partition coefficient (Wildman–Crippen LogP) is -0.174. The van der Waals surface area contributed by atoms with Crippen molar-refractivity contribution < 1.29 is 13.0 Å². The molecular formula is C5H13NO3S. The second kappa shape index (κ2) is 3.90. The van der Waals surface area contributed by atoms with Crippen LogP contribution in [0.4, 0.5) is 0 Å². The topological polar surface area (TPSA) is 57.6 Å². The third-order valence-electron chi connectivity index (χ3n) is 1.27. The summed E-state index contributed by atoms with van der Waals surface area (Å²) < 4.78 is 28.7. The first-order valence-corrected chi connectivity index (χ1v) is 4.70. The van der Waals surface area contributed by atoms with E-state index >= 15 is 0 Å². The summed E-state index contributed by atoms with van der Waals surface area (Å²) in [4.78, 5) is 1.81. The molecule has 62 valence electrons. The number of nitrogens with zero attached hydrogens (tertiary/aromatic N) is 1. The van der Waals surface area contributed by atoms with Crippen LogP contribution in [0, 0.1) is 0 Å². The Bertz CT molecular complexity index is 175. The molecule has 0 aliphatic carbocycles. The summed E-state index contributed by atoms with van der Waals surface area (Å²) >= 11 is 0. The van der Waals surface area contributed by atoms with E-state index in [1.807, 2.05) is 11.8 Å². The Morgan fingerprint density at radius 2 is 2.00 bits per heavy atom. The van der Waals surface area contributed by atoms with Gasteiger partial charge in [-0.2, -0.15) is 8.42 Å². The van der Waals surface area contributed by atoms with Crippen molar-refractivity contribution in [1.82, 2.24) is 4.90 Å². The molecule has 0 aliphatic heterocycles. The van der Waals surface area contributed by atoms with Gasteiger partial charge in [0, 0.05) is 6.54 Å². The van der Waals surface area contributed by atoms with Gasteiger partial charge >= 0.3 is 0 Å². The van der Waals surface area contributed by atoms with Crippen LogP contribution in [-0.4, -0.2) is 43.8 Å². The van der Waals surface area contributed by atoms with E-state index in [-0.39, 0.29) is 5.75 Å². The van der Waals surface area contributed by atoms with Crippen molar-refractivity contribution in [2.75, 3.05) is 25.9 Å². The molecule has 10 heavy (non-hydrogen) atoms. The lowest BCUT2D eigenvalue weighted by Gasteiger charge is -2.11. The molecule has 5 heteroatoms. The molecule has 0 fully saturated rings. The smallest absolute Gasteiger partial charge is 0.266 e. The zero-order chi connectivity index (χ0) is 8.20. The molecule has 0 saturated heterocycles. The van der Waals surface area contributed by atoms with Crippen LogP contribution in [0.3, 0.4) is 0 Å². The van der Waals surface area contributed by atoms with Crippen molar-refractivity contribution in [2.24, 2.45) is 0 Å². The van der Waals surface area contributed by atoms with E-state index in [2.05, 4.69) is 0 Å². The summed E-state index contributed by atoms with van der Waals surface area (Å²) in [5.74, 6) is -0.183. The van der Waals surface area contributed by atoms with Crippen molar-refractivity contribution >= 4 is 10.1 Å². The van der Waals surface area contributed by atoms with E-state index in [0.29, 0.717) is 6.54 Å². The van der Waals surface area contributed by atoms with Crippen LogP contribution in [0.15, 0.2) is 0 Å². The first kappa shape index (κ1) is 9.87. The van der Waals surface area contributed by atoms with Gasteiger partial charge in [-0.1, -0.05) is 6.92 Å². The van der Waals surface area contributed by atoms with Gasteiger partial charge in [0.25, 0.3) is 10.1 Å². The Balaban J connectivity index is 3.56. The molecule has 0 aromatic rings. The predicted molar refractivity (Wildman–Crippen MR) is 39.6 cm³/mol. The average Bonchev–Trinajstić information content (AvgIpc) is 1.81. The van der Waals surface area contributed by atoms with Gasteiger partial charge in [-0.3, -0.25) is 4.55 Å². The van der Waals surface area contributed by atoms with Crippen molar-refractivity contribution in [3.8, 4) is 0 Å². The summed E-state index contributed by atoms with van der Waals surface area (Å²) in [6, 6.07) is 0. The molecule has 4 nitrogen and oxygen atoms in total. The normalized spacial score (nSPS) is 12.4. The van der Waals surface area contributed by atoms with Crippen molar-refractivity contribution in [3.63, 3.8) is 0 Å². The zero-order valence-corrected chi connectivity index (χ0v) is 7.06. The first-order valence-electron chi connectivity index (χ1n) is 3.09. The second-order valence-corrected chi connectivity index (χ2v) is 3.75. The Morgan fingerprint density at radius 3 is 2.30 bits per heavy atom. The highest BCUT2D eigenvalue weighted by Gasteiger charge is 2.04. The van der Waals surface area contributed by atoms with Gasteiger partial charge in [-0.25, -0.2) is 0 Å². The molecule has 0 aliphatic rings. The Hall–Kier alpha value is -0.130. The molecule has 0 aromatic carbocycles. The van der Waals surface area contributed by atoms with Crippen LogP contribution < -0.4 is 0 Å². The van der Waals surface area contributed by atoms with Gasteiger partial charge < -0.3 is 4.90 Å². The van der Waals surface area contributed by atoms with E-state index in [1.165, 1.54) is 0 Å². The zero-order valence-electron chi connectivity index (χ0n) is 6.24. The molecular weight excluding hydrogens is 154 g/mol. The second-order valence-electron chi connectivity index (χ2n) is 2.18. The van der Waals surface area contributed by atoms with Gasteiger partial charge in [0.1, 0.15) is 0 Å². The SMILES string of the molecule is CCN(C)CCS(=O)(=O)O. The van der Waals surface area contributed by atoms with Crippen molar-refractivity contribution in [3.05, 3.63) is 0 Å². The van der Waals surface area contributed by atoms with E-state index in [1.54, 1.807) is 7.05 Å². The molecule has 0 bridgehead atoms. The Morgan fingerprint density at radius 1 is 1.50 bits per heavy atom. The minimum absolute atomic E-state index is 0.183. The number of hydrogen-bond donors (Lipinski definition) is 1. The highest BCUT2D eigenvalue weighted by atomic mass is 32.2. The monoisotopic (exact) mass is 167 g/mol. The highest BCUT2D eigenvalue weighted by molar-refractivity contribution is 7.85. The maximum atomic E-state index is 10.2. The lowest BCUT2D eigenvalue weighted by molar-refractivity contribution is 0.367. The summed E-state index contributed by atoms with van der Waals surface area (Å²) in [5, 5.41) is 0. The minimum atomic E-state index is -3.77. The van der Waals surface area contributed by atoms with E-state index in [9.17, 15) is 8.42 Å². The summed E-state index contributed by atoms with van der Waals surface area (Å²) in [5.41, 5.74) is 0. The van der Waals surface area contributed by atoms with Crippen LogP contribution >= 0.6 is 0 Å². The number of hydrogen-bond acceptors (Lipinski definition) is 3. The Kier molecular flexibility index (Phi) is 3.85. The molecule has 0 spiro atoms. The Labute approximate surface area is 61.6 Å². The molecule has 0 radical (unpaired) electrons. The molecule has 0 aromatic heterocycles. The maximum absolute atomic E-state index is 10.2. The quantitative estimate of drug-likeness (QED) is 0.590. The molecule has 0 rings (SSSR count). The van der Waals surface area contributed by atoms with E-state index < -0.39 is 10.1 Å². The molecule has 0 unspecified atom stereocenters. The maximum Gasteiger partial charge on any atom is 0.266 e. The van der Waals surface area contributed by atoms with Gasteiger partial charge in [-0.15, -0.1) is 0 Å². The van der Waals surface area contributed by atoms with Gasteiger partial charge in [-0.05, 0) is 13.6 Å². The molecule has 0 atom stereocenters. The molecule has 0 heterocycles. The van der Waals surface area contributed by atoms with Crippen molar-refractivity contribution in [1.29, 1.82) is 0 Å². The fourth-order valence-electron chi connectivity index (χ4n) is 0.429. The van der Waals surface area contributed by atoms with E-state index in [4.69, 9.17) is 4.55 Å².